The lowest BCUT2D eigenvalue weighted by atomic mass is 9.90. The number of ether oxygens (including phenoxy) is 1. The van der Waals surface area contributed by atoms with E-state index < -0.39 is 0 Å². The molecule has 5 nitrogen and oxygen atoms in total. The summed E-state index contributed by atoms with van der Waals surface area (Å²) in [5.41, 5.74) is 19.4. The first-order valence-corrected chi connectivity index (χ1v) is 13.9. The van der Waals surface area contributed by atoms with Gasteiger partial charge in [0.25, 0.3) is 0 Å². The predicted octanol–water partition coefficient (Wildman–Crippen LogP) is 6.78. The highest BCUT2D eigenvalue weighted by molar-refractivity contribution is 6.01. The van der Waals surface area contributed by atoms with Crippen molar-refractivity contribution in [1.82, 2.24) is 0 Å². The Morgan fingerprint density at radius 1 is 1.05 bits per heavy atom. The molecule has 0 amide bonds. The maximum absolute atomic E-state index is 12.9. The number of carbonyl (C=O) groups is 1. The smallest absolute Gasteiger partial charge is 0.309 e. The number of esters is 1. The summed E-state index contributed by atoms with van der Waals surface area (Å²) in [7, 11) is 0. The van der Waals surface area contributed by atoms with Crippen molar-refractivity contribution in [2.45, 2.75) is 85.2 Å². The van der Waals surface area contributed by atoms with Crippen molar-refractivity contribution in [2.75, 3.05) is 0 Å². The summed E-state index contributed by atoms with van der Waals surface area (Å²) in [6.45, 7) is 16.4. The van der Waals surface area contributed by atoms with Crippen molar-refractivity contribution in [3.8, 4) is 0 Å². The molecule has 1 fully saturated rings. The van der Waals surface area contributed by atoms with Crippen molar-refractivity contribution < 1.29 is 9.53 Å². The highest BCUT2D eigenvalue weighted by atomic mass is 16.5. The third kappa shape index (κ3) is 8.08. The molecule has 0 spiro atoms. The highest BCUT2D eigenvalue weighted by Crippen LogP contribution is 2.27. The van der Waals surface area contributed by atoms with Crippen LogP contribution in [0.1, 0.15) is 85.8 Å². The van der Waals surface area contributed by atoms with Crippen LogP contribution in [0.5, 0.6) is 0 Å². The summed E-state index contributed by atoms with van der Waals surface area (Å²) in [6, 6.07) is 12.7. The monoisotopic (exact) mass is 515 g/mol. The van der Waals surface area contributed by atoms with E-state index >= 15 is 0 Å². The Morgan fingerprint density at radius 2 is 1.71 bits per heavy atom. The summed E-state index contributed by atoms with van der Waals surface area (Å²) in [5.74, 6) is 0.981. The van der Waals surface area contributed by atoms with E-state index in [0.717, 1.165) is 65.5 Å². The van der Waals surface area contributed by atoms with Crippen LogP contribution >= 0.6 is 0 Å². The Morgan fingerprint density at radius 3 is 2.32 bits per heavy atom. The Hall–Kier alpha value is -3.34. The fraction of sp³-hybridized carbons (Fsp3) is 0.455. The number of hydrogen-bond acceptors (Lipinski definition) is 4. The van der Waals surface area contributed by atoms with E-state index in [4.69, 9.17) is 16.2 Å². The Balaban J connectivity index is 1.64. The normalized spacial score (nSPS) is 15.0. The molecule has 2 aromatic rings. The van der Waals surface area contributed by atoms with Crippen LogP contribution in [0.25, 0.3) is 5.57 Å². The molecule has 1 aliphatic rings. The standard InChI is InChI=1S/C33H45N3O2/c1-21(2)19-29(33(37)38-30-9-7-8-10-30)18-14-26-12-16-27(17-13-26)23(4)20-28-15-11-22(3)31(24(28)5)32(35)36-25(6)34/h11-13,15-17,21,29-30H,4,6-10,14,18-20,34H2,1-3,5H3,(H2,35,36). The lowest BCUT2D eigenvalue weighted by Crippen LogP contribution is -2.24. The van der Waals surface area contributed by atoms with E-state index in [9.17, 15) is 4.79 Å². The van der Waals surface area contributed by atoms with Crippen LogP contribution in [0.15, 0.2) is 60.4 Å². The molecule has 1 unspecified atom stereocenters. The largest absolute Gasteiger partial charge is 0.462 e. The maximum Gasteiger partial charge on any atom is 0.309 e. The second-order valence-corrected chi connectivity index (χ2v) is 11.2. The molecule has 0 saturated heterocycles. The molecule has 1 saturated carbocycles. The van der Waals surface area contributed by atoms with Gasteiger partial charge in [-0.2, -0.15) is 0 Å². The highest BCUT2D eigenvalue weighted by Gasteiger charge is 2.26. The van der Waals surface area contributed by atoms with Crippen molar-refractivity contribution in [3.63, 3.8) is 0 Å². The van der Waals surface area contributed by atoms with E-state index in [2.05, 4.69) is 75.3 Å². The molecule has 2 aromatic carbocycles. The minimum atomic E-state index is -0.0450. The van der Waals surface area contributed by atoms with Crippen molar-refractivity contribution in [1.29, 1.82) is 0 Å². The van der Waals surface area contributed by atoms with Crippen molar-refractivity contribution >= 4 is 17.4 Å². The van der Waals surface area contributed by atoms with Crippen LogP contribution in [0.2, 0.25) is 0 Å². The average Bonchev–Trinajstić information content (AvgIpc) is 3.36. The van der Waals surface area contributed by atoms with Gasteiger partial charge in [-0.15, -0.1) is 0 Å². The third-order valence-electron chi connectivity index (χ3n) is 7.53. The maximum atomic E-state index is 12.9. The lowest BCUT2D eigenvalue weighted by Gasteiger charge is -2.20. The first kappa shape index (κ1) is 29.2. The van der Waals surface area contributed by atoms with Crippen molar-refractivity contribution in [2.24, 2.45) is 28.3 Å². The van der Waals surface area contributed by atoms with Gasteiger partial charge in [-0.1, -0.05) is 63.4 Å². The van der Waals surface area contributed by atoms with Gasteiger partial charge in [0.2, 0.25) is 0 Å². The predicted molar refractivity (Wildman–Crippen MR) is 159 cm³/mol. The van der Waals surface area contributed by atoms with E-state index in [1.54, 1.807) is 0 Å². The molecule has 0 radical (unpaired) electrons. The van der Waals surface area contributed by atoms with Crippen LogP contribution < -0.4 is 11.5 Å². The van der Waals surface area contributed by atoms with Gasteiger partial charge in [-0.3, -0.25) is 4.79 Å². The number of allylic oxidation sites excluding steroid dienone is 1. The minimum Gasteiger partial charge on any atom is -0.462 e. The first-order chi connectivity index (χ1) is 18.0. The van der Waals surface area contributed by atoms with Crippen LogP contribution in [-0.4, -0.2) is 17.9 Å². The van der Waals surface area contributed by atoms with Gasteiger partial charge in [-0.25, -0.2) is 4.99 Å². The summed E-state index contributed by atoms with van der Waals surface area (Å²) in [5, 5.41) is 0. The lowest BCUT2D eigenvalue weighted by molar-refractivity contribution is -0.154. The topological polar surface area (TPSA) is 90.7 Å². The number of nitrogens with two attached hydrogens (primary N) is 2. The Kier molecular flexibility index (Phi) is 10.3. The zero-order valence-electron chi connectivity index (χ0n) is 23.7. The zero-order chi connectivity index (χ0) is 27.8. The number of carbonyl (C=O) groups excluding carboxylic acids is 1. The summed E-state index contributed by atoms with van der Waals surface area (Å²) in [6.07, 6.45) is 7.73. The number of aryl methyl sites for hydroxylation is 2. The molecule has 0 bridgehead atoms. The van der Waals surface area contributed by atoms with E-state index in [-0.39, 0.29) is 23.8 Å². The van der Waals surface area contributed by atoms with Gasteiger partial charge in [0.1, 0.15) is 17.8 Å². The SMILES string of the molecule is C=C(N)/N=C(/N)c1c(C)ccc(CC(=C)c2ccc(CCC(CC(C)C)C(=O)OC3CCCC3)cc2)c1C. The van der Waals surface area contributed by atoms with Gasteiger partial charge in [0.15, 0.2) is 0 Å². The van der Waals surface area contributed by atoms with Gasteiger partial charge < -0.3 is 16.2 Å². The Labute approximate surface area is 229 Å². The van der Waals surface area contributed by atoms with Crippen LogP contribution in [0, 0.1) is 25.7 Å². The molecular weight excluding hydrogens is 470 g/mol. The van der Waals surface area contributed by atoms with E-state index in [1.165, 1.54) is 18.4 Å². The second kappa shape index (κ2) is 13.5. The van der Waals surface area contributed by atoms with E-state index in [0.29, 0.717) is 18.2 Å². The summed E-state index contributed by atoms with van der Waals surface area (Å²) in [4.78, 5) is 17.0. The Bertz CT molecular complexity index is 1170. The molecular formula is C33H45N3O2. The fourth-order valence-corrected chi connectivity index (χ4v) is 5.43. The number of aliphatic imine (C=N–C) groups is 1. The number of amidine groups is 1. The summed E-state index contributed by atoms with van der Waals surface area (Å²) >= 11 is 0. The van der Waals surface area contributed by atoms with Gasteiger partial charge in [-0.05, 0) is 105 Å². The van der Waals surface area contributed by atoms with Gasteiger partial charge >= 0.3 is 5.97 Å². The minimum absolute atomic E-state index is 0.00936. The van der Waals surface area contributed by atoms with Gasteiger partial charge in [0, 0.05) is 5.56 Å². The van der Waals surface area contributed by atoms with Crippen LogP contribution in [0.4, 0.5) is 0 Å². The number of rotatable bonds is 12. The molecule has 0 aromatic heterocycles. The number of nitrogens with zero attached hydrogens (tertiary/aromatic N) is 1. The molecule has 3 rings (SSSR count). The molecule has 38 heavy (non-hydrogen) atoms. The molecule has 4 N–H and O–H groups in total. The molecule has 0 aliphatic heterocycles. The average molecular weight is 516 g/mol. The molecule has 5 heteroatoms. The van der Waals surface area contributed by atoms with Crippen molar-refractivity contribution in [3.05, 3.63) is 88.8 Å². The first-order valence-electron chi connectivity index (χ1n) is 13.9. The van der Waals surface area contributed by atoms with E-state index in [1.807, 2.05) is 6.92 Å². The molecule has 1 atom stereocenters. The molecule has 1 aliphatic carbocycles. The van der Waals surface area contributed by atoms with Gasteiger partial charge in [0.05, 0.1) is 5.92 Å². The number of hydrogen-bond donors (Lipinski definition) is 2. The van der Waals surface area contributed by atoms with Crippen LogP contribution in [-0.2, 0) is 22.4 Å². The molecule has 204 valence electrons. The summed E-state index contributed by atoms with van der Waals surface area (Å²) < 4.78 is 5.85. The second-order valence-electron chi connectivity index (χ2n) is 11.2. The third-order valence-corrected chi connectivity index (χ3v) is 7.53. The number of benzene rings is 2. The quantitative estimate of drug-likeness (QED) is 0.185. The fourth-order valence-electron chi connectivity index (χ4n) is 5.43. The van der Waals surface area contributed by atoms with Crippen LogP contribution in [0.3, 0.4) is 0 Å². The molecule has 0 heterocycles. The zero-order valence-corrected chi connectivity index (χ0v) is 23.7.